The summed E-state index contributed by atoms with van der Waals surface area (Å²) in [5.74, 6) is 1.51. The predicted molar refractivity (Wildman–Crippen MR) is 87.3 cm³/mol. The highest BCUT2D eigenvalue weighted by Crippen LogP contribution is 2.70. The summed E-state index contributed by atoms with van der Waals surface area (Å²) in [6.45, 7) is 6.94. The minimum Gasteiger partial charge on any atom is -0.254 e. The summed E-state index contributed by atoms with van der Waals surface area (Å²) in [4.78, 5) is 4.59. The van der Waals surface area contributed by atoms with E-state index in [2.05, 4.69) is 54.7 Å². The zero-order valence-corrected chi connectivity index (χ0v) is 13.2. The van der Waals surface area contributed by atoms with Crippen LogP contribution in [0.5, 0.6) is 0 Å². The molecule has 2 aromatic heterocycles. The van der Waals surface area contributed by atoms with E-state index in [4.69, 9.17) is 5.10 Å². The van der Waals surface area contributed by atoms with Gasteiger partial charge in [-0.05, 0) is 42.7 Å². The second-order valence-electron chi connectivity index (χ2n) is 7.32. The fraction of sp³-hybridized carbons (Fsp3) is 0.368. The molecule has 2 atom stereocenters. The van der Waals surface area contributed by atoms with Gasteiger partial charge < -0.3 is 0 Å². The standard InChI is InChI=1S/C19H19N3/c1-11-16-15(10-13-17(16)19(13,2)3)22(21-11)14-8-4-6-12-7-5-9-20-18(12)14/h4-9,13,17H,10H2,1-3H3/t13-,17+/m0/s1. The van der Waals surface area contributed by atoms with E-state index < -0.39 is 0 Å². The number of para-hydroxylation sites is 1. The van der Waals surface area contributed by atoms with Crippen molar-refractivity contribution in [2.24, 2.45) is 11.3 Å². The van der Waals surface area contributed by atoms with Crippen molar-refractivity contribution >= 4 is 10.9 Å². The van der Waals surface area contributed by atoms with Crippen LogP contribution in [-0.2, 0) is 6.42 Å². The molecule has 2 aliphatic rings. The maximum atomic E-state index is 4.87. The number of hydrogen-bond acceptors (Lipinski definition) is 2. The van der Waals surface area contributed by atoms with E-state index in [1.807, 2.05) is 12.3 Å². The second kappa shape index (κ2) is 3.78. The van der Waals surface area contributed by atoms with Crippen LogP contribution in [0.3, 0.4) is 0 Å². The molecule has 22 heavy (non-hydrogen) atoms. The molecular weight excluding hydrogens is 270 g/mol. The van der Waals surface area contributed by atoms with Crippen LogP contribution in [0.4, 0.5) is 0 Å². The number of nitrogens with zero attached hydrogens (tertiary/aromatic N) is 3. The van der Waals surface area contributed by atoms with Crippen LogP contribution in [0, 0.1) is 18.3 Å². The van der Waals surface area contributed by atoms with E-state index in [9.17, 15) is 0 Å². The molecule has 0 spiro atoms. The van der Waals surface area contributed by atoms with Gasteiger partial charge in [-0.15, -0.1) is 0 Å². The average molecular weight is 289 g/mol. The Bertz CT molecular complexity index is 914. The highest BCUT2D eigenvalue weighted by Gasteiger charge is 2.63. The van der Waals surface area contributed by atoms with E-state index in [0.717, 1.165) is 23.5 Å². The van der Waals surface area contributed by atoms with Crippen molar-refractivity contribution in [2.75, 3.05) is 0 Å². The van der Waals surface area contributed by atoms with Gasteiger partial charge >= 0.3 is 0 Å². The van der Waals surface area contributed by atoms with Gasteiger partial charge in [-0.1, -0.05) is 32.0 Å². The van der Waals surface area contributed by atoms with Gasteiger partial charge in [-0.2, -0.15) is 5.10 Å². The van der Waals surface area contributed by atoms with Crippen molar-refractivity contribution in [2.45, 2.75) is 33.1 Å². The fourth-order valence-electron chi connectivity index (χ4n) is 4.55. The molecule has 1 aromatic carbocycles. The Balaban J connectivity index is 1.75. The zero-order chi connectivity index (χ0) is 15.1. The molecule has 3 aromatic rings. The molecule has 1 saturated carbocycles. The molecule has 0 unspecified atom stereocenters. The molecule has 5 rings (SSSR count). The summed E-state index contributed by atoms with van der Waals surface area (Å²) in [7, 11) is 0. The van der Waals surface area contributed by atoms with Gasteiger partial charge in [0.05, 0.1) is 16.9 Å². The third-order valence-electron chi connectivity index (χ3n) is 5.82. The van der Waals surface area contributed by atoms with Gasteiger partial charge in [0.2, 0.25) is 0 Å². The van der Waals surface area contributed by atoms with Gasteiger partial charge in [0.25, 0.3) is 0 Å². The van der Waals surface area contributed by atoms with Crippen LogP contribution in [0.25, 0.3) is 16.6 Å². The van der Waals surface area contributed by atoms with Crippen molar-refractivity contribution in [3.8, 4) is 5.69 Å². The van der Waals surface area contributed by atoms with Crippen LogP contribution < -0.4 is 0 Å². The van der Waals surface area contributed by atoms with Gasteiger partial charge in [-0.3, -0.25) is 4.98 Å². The fourth-order valence-corrected chi connectivity index (χ4v) is 4.55. The lowest BCUT2D eigenvalue weighted by molar-refractivity contribution is 0.533. The first-order valence-corrected chi connectivity index (χ1v) is 8.01. The minimum absolute atomic E-state index is 0.461. The molecule has 0 N–H and O–H groups in total. The van der Waals surface area contributed by atoms with Gasteiger partial charge in [0.15, 0.2) is 0 Å². The number of benzene rings is 1. The molecule has 0 aliphatic heterocycles. The second-order valence-corrected chi connectivity index (χ2v) is 7.32. The number of hydrogen-bond donors (Lipinski definition) is 0. The zero-order valence-electron chi connectivity index (χ0n) is 13.2. The normalized spacial score (nSPS) is 24.3. The van der Waals surface area contributed by atoms with Gasteiger partial charge in [0.1, 0.15) is 0 Å². The molecule has 3 heteroatoms. The SMILES string of the molecule is Cc1nn(-c2cccc3cccnc23)c2c1[C@H]1[C@H](C2)C1(C)C. The number of aryl methyl sites for hydroxylation is 1. The molecule has 2 heterocycles. The molecule has 3 nitrogen and oxygen atoms in total. The Labute approximate surface area is 130 Å². The molecule has 0 radical (unpaired) electrons. The first-order chi connectivity index (χ1) is 10.6. The lowest BCUT2D eigenvalue weighted by atomic mass is 9.98. The molecule has 0 bridgehead atoms. The first kappa shape index (κ1) is 12.4. The summed E-state index contributed by atoms with van der Waals surface area (Å²) in [6.07, 6.45) is 3.01. The van der Waals surface area contributed by atoms with Gasteiger partial charge in [-0.25, -0.2) is 4.68 Å². The quantitative estimate of drug-likeness (QED) is 0.677. The highest BCUT2D eigenvalue weighted by atomic mass is 15.3. The summed E-state index contributed by atoms with van der Waals surface area (Å²) in [5, 5.41) is 6.04. The number of pyridine rings is 1. The summed E-state index contributed by atoms with van der Waals surface area (Å²) < 4.78 is 2.15. The summed E-state index contributed by atoms with van der Waals surface area (Å²) in [6, 6.07) is 10.5. The van der Waals surface area contributed by atoms with E-state index in [0.29, 0.717) is 11.3 Å². The molecule has 0 saturated heterocycles. The Morgan fingerprint density at radius 2 is 2.00 bits per heavy atom. The Morgan fingerprint density at radius 1 is 1.18 bits per heavy atom. The summed E-state index contributed by atoms with van der Waals surface area (Å²) in [5.41, 5.74) is 6.72. The minimum atomic E-state index is 0.461. The molecule has 2 aliphatic carbocycles. The van der Waals surface area contributed by atoms with Crippen molar-refractivity contribution in [3.63, 3.8) is 0 Å². The van der Waals surface area contributed by atoms with Crippen LogP contribution in [0.1, 0.15) is 36.7 Å². The van der Waals surface area contributed by atoms with E-state index >= 15 is 0 Å². The monoisotopic (exact) mass is 289 g/mol. The molecule has 1 fully saturated rings. The van der Waals surface area contributed by atoms with Crippen molar-refractivity contribution < 1.29 is 0 Å². The lowest BCUT2D eigenvalue weighted by Crippen LogP contribution is -2.07. The maximum Gasteiger partial charge on any atom is 0.0959 e. The largest absolute Gasteiger partial charge is 0.254 e. The van der Waals surface area contributed by atoms with E-state index in [1.54, 1.807) is 0 Å². The van der Waals surface area contributed by atoms with E-state index in [-0.39, 0.29) is 0 Å². The van der Waals surface area contributed by atoms with Gasteiger partial charge in [0, 0.05) is 22.8 Å². The van der Waals surface area contributed by atoms with Crippen LogP contribution in [-0.4, -0.2) is 14.8 Å². The van der Waals surface area contributed by atoms with Crippen molar-refractivity contribution in [3.05, 3.63) is 53.5 Å². The Morgan fingerprint density at radius 3 is 2.86 bits per heavy atom. The van der Waals surface area contributed by atoms with E-state index in [1.165, 1.54) is 22.3 Å². The first-order valence-electron chi connectivity index (χ1n) is 8.01. The number of fused-ring (bicyclic) bond motifs is 4. The molecule has 0 amide bonds. The number of aromatic nitrogens is 3. The third kappa shape index (κ3) is 1.37. The third-order valence-corrected chi connectivity index (χ3v) is 5.82. The van der Waals surface area contributed by atoms with Crippen LogP contribution in [0.2, 0.25) is 0 Å². The molecule has 110 valence electrons. The van der Waals surface area contributed by atoms with Crippen LogP contribution in [0.15, 0.2) is 36.5 Å². The Kier molecular flexibility index (Phi) is 2.13. The summed E-state index contributed by atoms with van der Waals surface area (Å²) >= 11 is 0. The highest BCUT2D eigenvalue weighted by molar-refractivity contribution is 5.86. The van der Waals surface area contributed by atoms with Crippen molar-refractivity contribution in [1.82, 2.24) is 14.8 Å². The Hall–Kier alpha value is -2.16. The average Bonchev–Trinajstić information content (AvgIpc) is 2.85. The predicted octanol–water partition coefficient (Wildman–Crippen LogP) is 4.02. The lowest BCUT2D eigenvalue weighted by Gasteiger charge is -2.12. The maximum absolute atomic E-state index is 4.87. The smallest absolute Gasteiger partial charge is 0.0959 e. The molecular formula is C19H19N3. The topological polar surface area (TPSA) is 30.7 Å². The number of rotatable bonds is 1. The van der Waals surface area contributed by atoms with Crippen LogP contribution >= 0.6 is 0 Å². The van der Waals surface area contributed by atoms with Crippen molar-refractivity contribution in [1.29, 1.82) is 0 Å².